The van der Waals surface area contributed by atoms with Crippen LogP contribution < -0.4 is 20.6 Å². The van der Waals surface area contributed by atoms with Crippen molar-refractivity contribution in [3.8, 4) is 11.5 Å². The molecule has 0 bridgehead atoms. The molecule has 3 rings (SSSR count). The van der Waals surface area contributed by atoms with E-state index in [9.17, 15) is 4.79 Å². The van der Waals surface area contributed by atoms with Crippen LogP contribution in [0, 0.1) is 0 Å². The van der Waals surface area contributed by atoms with Gasteiger partial charge < -0.3 is 25.1 Å². The van der Waals surface area contributed by atoms with E-state index in [2.05, 4.69) is 15.5 Å². The third-order valence-electron chi connectivity index (χ3n) is 3.82. The summed E-state index contributed by atoms with van der Waals surface area (Å²) < 4.78 is 17.4. The molecule has 0 radical (unpaired) electrons. The maximum Gasteiger partial charge on any atom is 0.231 e. The van der Waals surface area contributed by atoms with E-state index in [1.807, 2.05) is 25.1 Å². The number of aromatic nitrogens is 3. The Labute approximate surface area is 166 Å². The minimum absolute atomic E-state index is 0.138. The Hall–Kier alpha value is -3.14. The van der Waals surface area contributed by atoms with Crippen molar-refractivity contribution >= 4 is 17.7 Å². The summed E-state index contributed by atoms with van der Waals surface area (Å²) in [4.78, 5) is 12.1. The van der Waals surface area contributed by atoms with Crippen molar-refractivity contribution < 1.29 is 18.7 Å². The van der Waals surface area contributed by atoms with Crippen LogP contribution in [0.4, 0.5) is 0 Å². The SMILES string of the molecule is COc1cccc(OCc2nnc(SCC(=O)NC(C)c3ccco3)n2N)c1. The summed E-state index contributed by atoms with van der Waals surface area (Å²) >= 11 is 1.19. The van der Waals surface area contributed by atoms with Crippen LogP contribution in [0.2, 0.25) is 0 Å². The Morgan fingerprint density at radius 3 is 2.89 bits per heavy atom. The molecule has 1 amide bonds. The maximum absolute atomic E-state index is 12.1. The Kier molecular flexibility index (Phi) is 6.43. The molecule has 0 aliphatic heterocycles. The molecular weight excluding hydrogens is 382 g/mol. The number of carbonyl (C=O) groups excluding carboxylic acids is 1. The van der Waals surface area contributed by atoms with Crippen LogP contribution in [-0.4, -0.2) is 33.6 Å². The molecule has 0 aliphatic carbocycles. The number of carbonyl (C=O) groups is 1. The average Bonchev–Trinajstić information content (AvgIpc) is 3.35. The van der Waals surface area contributed by atoms with Gasteiger partial charge in [0.25, 0.3) is 0 Å². The summed E-state index contributed by atoms with van der Waals surface area (Å²) in [6.45, 7) is 1.99. The number of nitrogens with one attached hydrogen (secondary N) is 1. The number of hydrogen-bond donors (Lipinski definition) is 2. The van der Waals surface area contributed by atoms with Crippen molar-refractivity contribution in [1.29, 1.82) is 0 Å². The summed E-state index contributed by atoms with van der Waals surface area (Å²) in [5.74, 6) is 8.45. The Bertz CT molecular complexity index is 913. The van der Waals surface area contributed by atoms with E-state index in [0.717, 1.165) is 0 Å². The van der Waals surface area contributed by atoms with Gasteiger partial charge in [0, 0.05) is 6.07 Å². The minimum atomic E-state index is -0.217. The number of furan rings is 1. The van der Waals surface area contributed by atoms with Crippen molar-refractivity contribution in [1.82, 2.24) is 20.2 Å². The summed E-state index contributed by atoms with van der Waals surface area (Å²) in [6, 6.07) is 10.6. The molecule has 3 aromatic rings. The first kappa shape index (κ1) is 19.6. The number of amides is 1. The first-order valence-electron chi connectivity index (χ1n) is 8.48. The topological polar surface area (TPSA) is 117 Å². The second-order valence-electron chi connectivity index (χ2n) is 5.83. The zero-order valence-electron chi connectivity index (χ0n) is 15.5. The molecule has 0 saturated heterocycles. The lowest BCUT2D eigenvalue weighted by atomic mass is 10.2. The second kappa shape index (κ2) is 9.18. The number of rotatable bonds is 9. The summed E-state index contributed by atoms with van der Waals surface area (Å²) in [5, 5.41) is 11.3. The van der Waals surface area contributed by atoms with Crippen LogP contribution in [0.15, 0.2) is 52.2 Å². The van der Waals surface area contributed by atoms with E-state index in [4.69, 9.17) is 19.7 Å². The van der Waals surface area contributed by atoms with Crippen LogP contribution in [0.5, 0.6) is 11.5 Å². The summed E-state index contributed by atoms with van der Waals surface area (Å²) in [7, 11) is 1.59. The zero-order valence-corrected chi connectivity index (χ0v) is 16.3. The molecule has 1 atom stereocenters. The smallest absolute Gasteiger partial charge is 0.231 e. The van der Waals surface area contributed by atoms with Gasteiger partial charge in [-0.2, -0.15) is 0 Å². The van der Waals surface area contributed by atoms with Crippen LogP contribution in [0.25, 0.3) is 0 Å². The molecule has 10 heteroatoms. The number of hydrogen-bond acceptors (Lipinski definition) is 8. The Balaban J connectivity index is 1.50. The third kappa shape index (κ3) is 4.97. The molecule has 0 aliphatic rings. The fraction of sp³-hybridized carbons (Fsp3) is 0.278. The van der Waals surface area contributed by atoms with Gasteiger partial charge in [-0.15, -0.1) is 10.2 Å². The lowest BCUT2D eigenvalue weighted by molar-refractivity contribution is -0.119. The predicted octanol–water partition coefficient (Wildman–Crippen LogP) is 2.14. The van der Waals surface area contributed by atoms with Gasteiger partial charge in [-0.25, -0.2) is 4.68 Å². The highest BCUT2D eigenvalue weighted by molar-refractivity contribution is 7.99. The van der Waals surface area contributed by atoms with Crippen molar-refractivity contribution in [2.75, 3.05) is 18.7 Å². The first-order valence-corrected chi connectivity index (χ1v) is 9.47. The standard InChI is InChI=1S/C18H21N5O4S/c1-12(15-7-4-8-26-15)20-17(24)11-28-18-22-21-16(23(18)19)10-27-14-6-3-5-13(9-14)25-2/h3-9,12H,10-11,19H2,1-2H3,(H,20,24). The van der Waals surface area contributed by atoms with E-state index in [1.54, 1.807) is 31.6 Å². The van der Waals surface area contributed by atoms with Gasteiger partial charge in [0.1, 0.15) is 23.9 Å². The molecule has 1 aromatic carbocycles. The Morgan fingerprint density at radius 2 is 2.14 bits per heavy atom. The molecule has 1 unspecified atom stereocenters. The van der Waals surface area contributed by atoms with Crippen LogP contribution >= 0.6 is 11.8 Å². The molecule has 148 valence electrons. The van der Waals surface area contributed by atoms with Gasteiger partial charge in [0.15, 0.2) is 5.82 Å². The van der Waals surface area contributed by atoms with Crippen molar-refractivity contribution in [3.05, 3.63) is 54.2 Å². The lowest BCUT2D eigenvalue weighted by Crippen LogP contribution is -2.28. The molecule has 3 N–H and O–H groups in total. The fourth-order valence-electron chi connectivity index (χ4n) is 2.36. The monoisotopic (exact) mass is 403 g/mol. The third-order valence-corrected chi connectivity index (χ3v) is 4.77. The lowest BCUT2D eigenvalue weighted by Gasteiger charge is -2.11. The zero-order chi connectivity index (χ0) is 19.9. The van der Waals surface area contributed by atoms with E-state index in [0.29, 0.717) is 28.2 Å². The molecule has 9 nitrogen and oxygen atoms in total. The second-order valence-corrected chi connectivity index (χ2v) is 6.77. The van der Waals surface area contributed by atoms with Gasteiger partial charge in [-0.1, -0.05) is 17.8 Å². The van der Waals surface area contributed by atoms with Crippen LogP contribution in [-0.2, 0) is 11.4 Å². The number of benzene rings is 1. The molecule has 0 saturated carbocycles. The largest absolute Gasteiger partial charge is 0.497 e. The molecule has 2 aromatic heterocycles. The van der Waals surface area contributed by atoms with Crippen LogP contribution in [0.1, 0.15) is 24.6 Å². The van der Waals surface area contributed by atoms with E-state index >= 15 is 0 Å². The van der Waals surface area contributed by atoms with Gasteiger partial charge in [-0.05, 0) is 31.2 Å². The molecule has 0 spiro atoms. The van der Waals surface area contributed by atoms with Crippen molar-refractivity contribution in [2.24, 2.45) is 0 Å². The number of methoxy groups -OCH3 is 1. The highest BCUT2D eigenvalue weighted by atomic mass is 32.2. The molecule has 28 heavy (non-hydrogen) atoms. The molecule has 2 heterocycles. The number of nitrogens with zero attached hydrogens (tertiary/aromatic N) is 3. The maximum atomic E-state index is 12.1. The van der Waals surface area contributed by atoms with Gasteiger partial charge in [0.2, 0.25) is 11.1 Å². The van der Waals surface area contributed by atoms with Gasteiger partial charge in [0.05, 0.1) is 25.2 Å². The van der Waals surface area contributed by atoms with Crippen molar-refractivity contribution in [3.63, 3.8) is 0 Å². The Morgan fingerprint density at radius 1 is 1.32 bits per heavy atom. The van der Waals surface area contributed by atoms with Gasteiger partial charge >= 0.3 is 0 Å². The average molecular weight is 403 g/mol. The minimum Gasteiger partial charge on any atom is -0.497 e. The molecular formula is C18H21N5O4S. The quantitative estimate of drug-likeness (QED) is 0.412. The summed E-state index contributed by atoms with van der Waals surface area (Å²) in [6.07, 6.45) is 1.57. The normalized spacial score (nSPS) is 11.8. The first-order chi connectivity index (χ1) is 13.6. The highest BCUT2D eigenvalue weighted by Crippen LogP contribution is 2.21. The van der Waals surface area contributed by atoms with Crippen LogP contribution in [0.3, 0.4) is 0 Å². The molecule has 0 fully saturated rings. The highest BCUT2D eigenvalue weighted by Gasteiger charge is 2.15. The predicted molar refractivity (Wildman–Crippen MR) is 103 cm³/mol. The summed E-state index contributed by atoms with van der Waals surface area (Å²) in [5.41, 5.74) is 0. The number of thioether (sulfide) groups is 1. The number of nitrogens with two attached hydrogens (primary N) is 1. The number of nitrogen functional groups attached to an aromatic ring is 1. The van der Waals surface area contributed by atoms with Crippen molar-refractivity contribution in [2.45, 2.75) is 24.7 Å². The van der Waals surface area contributed by atoms with E-state index < -0.39 is 0 Å². The van der Waals surface area contributed by atoms with Gasteiger partial charge in [-0.3, -0.25) is 4.79 Å². The van der Waals surface area contributed by atoms with E-state index in [1.165, 1.54) is 16.4 Å². The van der Waals surface area contributed by atoms with E-state index in [-0.39, 0.29) is 24.3 Å². The fourth-order valence-corrected chi connectivity index (χ4v) is 3.05. The number of ether oxygens (including phenoxy) is 2.